The van der Waals surface area contributed by atoms with Crippen molar-refractivity contribution >= 4 is 23.0 Å². The number of non-ortho nitro benzene ring substituents is 1. The number of morpholine rings is 1. The van der Waals surface area contributed by atoms with Crippen LogP contribution in [0.4, 0.5) is 11.4 Å². The molecule has 154 valence electrons. The first-order chi connectivity index (χ1) is 14.5. The van der Waals surface area contributed by atoms with Gasteiger partial charge in [-0.1, -0.05) is 35.9 Å². The number of hydrogen-bond donors (Lipinski definition) is 0. The second-order valence-electron chi connectivity index (χ2n) is 7.00. The van der Waals surface area contributed by atoms with Crippen LogP contribution in [0.15, 0.2) is 59.5 Å². The fraction of sp³-hybridized carbons (Fsp3) is 0.238. The van der Waals surface area contributed by atoms with E-state index in [1.54, 1.807) is 6.20 Å². The van der Waals surface area contributed by atoms with Crippen molar-refractivity contribution in [1.29, 1.82) is 0 Å². The third kappa shape index (κ3) is 3.79. The number of ether oxygens (including phenoxy) is 1. The molecule has 8 nitrogen and oxygen atoms in total. The lowest BCUT2D eigenvalue weighted by Gasteiger charge is -2.35. The van der Waals surface area contributed by atoms with Gasteiger partial charge in [0.1, 0.15) is 11.1 Å². The van der Waals surface area contributed by atoms with Crippen LogP contribution in [-0.4, -0.2) is 34.4 Å². The van der Waals surface area contributed by atoms with Gasteiger partial charge in [-0.25, -0.2) is 0 Å². The second kappa shape index (κ2) is 8.25. The van der Waals surface area contributed by atoms with Crippen LogP contribution in [-0.2, 0) is 4.74 Å². The zero-order valence-electron chi connectivity index (χ0n) is 16.2. The molecule has 0 saturated carbocycles. The normalized spacial score (nSPS) is 16.5. The third-order valence-corrected chi connectivity index (χ3v) is 5.50. The smallest absolute Gasteiger partial charge is 0.292 e. The van der Waals surface area contributed by atoms with Gasteiger partial charge in [0.05, 0.1) is 29.1 Å². The van der Waals surface area contributed by atoms with Crippen molar-refractivity contribution in [2.75, 3.05) is 24.6 Å². The maximum Gasteiger partial charge on any atom is 0.292 e. The van der Waals surface area contributed by atoms with E-state index < -0.39 is 10.5 Å². The molecular weight excluding hydrogens is 408 g/mol. The number of nitrogens with zero attached hydrogens (tertiary/aromatic N) is 4. The van der Waals surface area contributed by atoms with Crippen LogP contribution in [0, 0.1) is 17.0 Å². The summed E-state index contributed by atoms with van der Waals surface area (Å²) in [6.45, 7) is 3.68. The molecule has 1 aliphatic heterocycles. The SMILES string of the molecule is Cc1ccccc1C1CN(c2cnn(-c3ccc([N+](=O)[O-])cc3)c(=O)c2Cl)CCO1. The molecule has 3 aromatic rings. The van der Waals surface area contributed by atoms with Crippen molar-refractivity contribution in [3.8, 4) is 5.69 Å². The Kier molecular flexibility index (Phi) is 5.52. The standard InChI is InChI=1S/C21H19ClN4O4/c1-14-4-2-3-5-17(14)19-13-24(10-11-30-19)18-12-23-25(21(27)20(18)22)15-6-8-16(9-7-15)26(28)29/h2-9,12,19H,10-11,13H2,1H3. The summed E-state index contributed by atoms with van der Waals surface area (Å²) >= 11 is 6.42. The Bertz CT molecular complexity index is 1150. The molecule has 1 aliphatic rings. The first kappa shape index (κ1) is 20.1. The highest BCUT2D eigenvalue weighted by Gasteiger charge is 2.26. The largest absolute Gasteiger partial charge is 0.370 e. The number of halogens is 1. The van der Waals surface area contributed by atoms with Gasteiger partial charge in [0, 0.05) is 25.2 Å². The number of nitro groups is 1. The Morgan fingerprint density at radius 1 is 1.20 bits per heavy atom. The van der Waals surface area contributed by atoms with E-state index in [0.29, 0.717) is 31.1 Å². The molecule has 1 fully saturated rings. The van der Waals surface area contributed by atoms with E-state index in [2.05, 4.69) is 5.10 Å². The summed E-state index contributed by atoms with van der Waals surface area (Å²) in [4.78, 5) is 25.2. The van der Waals surface area contributed by atoms with Gasteiger partial charge in [-0.05, 0) is 30.2 Å². The first-order valence-corrected chi connectivity index (χ1v) is 9.78. The minimum absolute atomic E-state index is 0.0498. The quantitative estimate of drug-likeness (QED) is 0.467. The van der Waals surface area contributed by atoms with Crippen LogP contribution in [0.1, 0.15) is 17.2 Å². The monoisotopic (exact) mass is 426 g/mol. The van der Waals surface area contributed by atoms with Gasteiger partial charge in [-0.3, -0.25) is 14.9 Å². The number of aromatic nitrogens is 2. The van der Waals surface area contributed by atoms with Gasteiger partial charge in [0.25, 0.3) is 11.2 Å². The van der Waals surface area contributed by atoms with Gasteiger partial charge in [-0.15, -0.1) is 0 Å². The van der Waals surface area contributed by atoms with Gasteiger partial charge >= 0.3 is 0 Å². The molecule has 2 heterocycles. The van der Waals surface area contributed by atoms with E-state index in [4.69, 9.17) is 16.3 Å². The molecule has 1 saturated heterocycles. The highest BCUT2D eigenvalue weighted by atomic mass is 35.5. The van der Waals surface area contributed by atoms with Crippen molar-refractivity contribution in [2.24, 2.45) is 0 Å². The molecule has 0 aliphatic carbocycles. The Morgan fingerprint density at radius 2 is 1.93 bits per heavy atom. The van der Waals surface area contributed by atoms with Crippen molar-refractivity contribution in [1.82, 2.24) is 9.78 Å². The van der Waals surface area contributed by atoms with E-state index in [0.717, 1.165) is 15.8 Å². The number of rotatable bonds is 4. The average Bonchev–Trinajstić information content (AvgIpc) is 2.76. The lowest BCUT2D eigenvalue weighted by molar-refractivity contribution is -0.384. The van der Waals surface area contributed by atoms with E-state index in [1.807, 2.05) is 36.1 Å². The molecule has 2 aromatic carbocycles. The lowest BCUT2D eigenvalue weighted by Crippen LogP contribution is -2.40. The Morgan fingerprint density at radius 3 is 2.63 bits per heavy atom. The molecule has 30 heavy (non-hydrogen) atoms. The van der Waals surface area contributed by atoms with Crippen LogP contribution in [0.2, 0.25) is 5.02 Å². The van der Waals surface area contributed by atoms with Crippen LogP contribution >= 0.6 is 11.6 Å². The number of benzene rings is 2. The molecule has 4 rings (SSSR count). The van der Waals surface area contributed by atoms with E-state index in [1.165, 1.54) is 24.3 Å². The summed E-state index contributed by atoms with van der Waals surface area (Å²) in [6.07, 6.45) is 1.42. The van der Waals surface area contributed by atoms with Crippen LogP contribution in [0.3, 0.4) is 0 Å². The van der Waals surface area contributed by atoms with E-state index >= 15 is 0 Å². The first-order valence-electron chi connectivity index (χ1n) is 9.40. The zero-order chi connectivity index (χ0) is 21.3. The maximum atomic E-state index is 12.8. The van der Waals surface area contributed by atoms with Crippen LogP contribution in [0.25, 0.3) is 5.69 Å². The molecule has 1 unspecified atom stereocenters. The van der Waals surface area contributed by atoms with E-state index in [9.17, 15) is 14.9 Å². The Hall–Kier alpha value is -3.23. The molecule has 0 N–H and O–H groups in total. The topological polar surface area (TPSA) is 90.5 Å². The van der Waals surface area contributed by atoms with Crippen LogP contribution < -0.4 is 10.5 Å². The summed E-state index contributed by atoms with van der Waals surface area (Å²) < 4.78 is 7.08. The average molecular weight is 427 g/mol. The predicted molar refractivity (Wildman–Crippen MR) is 114 cm³/mol. The van der Waals surface area contributed by atoms with Crippen molar-refractivity contribution < 1.29 is 9.66 Å². The van der Waals surface area contributed by atoms with Crippen LogP contribution in [0.5, 0.6) is 0 Å². The molecule has 0 amide bonds. The maximum absolute atomic E-state index is 12.8. The van der Waals surface area contributed by atoms with Gasteiger partial charge in [-0.2, -0.15) is 9.78 Å². The zero-order valence-corrected chi connectivity index (χ0v) is 17.0. The molecule has 0 radical (unpaired) electrons. The summed E-state index contributed by atoms with van der Waals surface area (Å²) in [5.74, 6) is 0. The number of aryl methyl sites for hydroxylation is 1. The molecule has 1 atom stereocenters. The number of nitro benzene ring substituents is 1. The molecule has 9 heteroatoms. The third-order valence-electron chi connectivity index (χ3n) is 5.15. The summed E-state index contributed by atoms with van der Waals surface area (Å²) in [5, 5.41) is 15.1. The lowest BCUT2D eigenvalue weighted by atomic mass is 10.0. The number of anilines is 1. The molecule has 1 aromatic heterocycles. The molecule has 0 spiro atoms. The highest BCUT2D eigenvalue weighted by Crippen LogP contribution is 2.30. The van der Waals surface area contributed by atoms with Gasteiger partial charge < -0.3 is 9.64 Å². The Labute approximate surface area is 177 Å². The van der Waals surface area contributed by atoms with Gasteiger partial charge in [0.15, 0.2) is 0 Å². The molecular formula is C21H19ClN4O4. The molecule has 0 bridgehead atoms. The van der Waals surface area contributed by atoms with Crippen molar-refractivity contribution in [3.63, 3.8) is 0 Å². The Balaban J connectivity index is 1.62. The summed E-state index contributed by atoms with van der Waals surface area (Å²) in [7, 11) is 0. The highest BCUT2D eigenvalue weighted by molar-refractivity contribution is 6.33. The minimum Gasteiger partial charge on any atom is -0.370 e. The fourth-order valence-corrected chi connectivity index (χ4v) is 3.80. The number of hydrogen-bond acceptors (Lipinski definition) is 6. The van der Waals surface area contributed by atoms with Crippen molar-refractivity contribution in [3.05, 3.63) is 91.3 Å². The summed E-state index contributed by atoms with van der Waals surface area (Å²) in [5.41, 5.74) is 2.64. The fourth-order valence-electron chi connectivity index (χ4n) is 3.55. The predicted octanol–water partition coefficient (Wildman–Crippen LogP) is 3.68. The van der Waals surface area contributed by atoms with Gasteiger partial charge in [0.2, 0.25) is 0 Å². The second-order valence-corrected chi connectivity index (χ2v) is 7.37. The minimum atomic E-state index is -0.501. The van der Waals surface area contributed by atoms with Crippen molar-refractivity contribution in [2.45, 2.75) is 13.0 Å². The summed E-state index contributed by atoms with van der Waals surface area (Å²) in [6, 6.07) is 13.6. The van der Waals surface area contributed by atoms with E-state index in [-0.39, 0.29) is 16.8 Å².